The molecule has 1 atom stereocenters. The van der Waals surface area contributed by atoms with Gasteiger partial charge in [-0.3, -0.25) is 0 Å². The third-order valence-electron chi connectivity index (χ3n) is 3.11. The zero-order valence-corrected chi connectivity index (χ0v) is 8.75. The molecule has 0 N–H and O–H groups in total. The second-order valence-corrected chi connectivity index (χ2v) is 4.49. The molecule has 1 aliphatic heterocycles. The fourth-order valence-electron chi connectivity index (χ4n) is 2.16. The summed E-state index contributed by atoms with van der Waals surface area (Å²) in [5.74, 6) is 2.93. The Kier molecular flexibility index (Phi) is 2.14. The van der Waals surface area contributed by atoms with Crippen molar-refractivity contribution in [2.45, 2.75) is 40.2 Å². The first-order valence-electron chi connectivity index (χ1n) is 5.19. The van der Waals surface area contributed by atoms with Crippen LogP contribution >= 0.6 is 0 Å². The lowest BCUT2D eigenvalue weighted by molar-refractivity contribution is 0.298. The molecule has 0 saturated heterocycles. The van der Waals surface area contributed by atoms with Crippen LogP contribution in [0.15, 0.2) is 6.20 Å². The van der Waals surface area contributed by atoms with Gasteiger partial charge in [0.05, 0.1) is 5.69 Å². The summed E-state index contributed by atoms with van der Waals surface area (Å²) in [6.45, 7) is 7.88. The lowest BCUT2D eigenvalue weighted by Crippen LogP contribution is -2.22. The highest BCUT2D eigenvalue weighted by Crippen LogP contribution is 2.25. The average Bonchev–Trinajstić information content (AvgIpc) is 2.42. The van der Waals surface area contributed by atoms with Gasteiger partial charge in [-0.05, 0) is 25.2 Å². The Hall–Kier alpha value is -0.790. The zero-order chi connectivity index (χ0) is 9.42. The van der Waals surface area contributed by atoms with Crippen LogP contribution in [-0.4, -0.2) is 9.55 Å². The molecule has 13 heavy (non-hydrogen) atoms. The second kappa shape index (κ2) is 3.17. The third kappa shape index (κ3) is 1.62. The molecule has 2 nitrogen and oxygen atoms in total. The second-order valence-electron chi connectivity index (χ2n) is 4.49. The maximum atomic E-state index is 4.55. The molecule has 0 saturated carbocycles. The SMILES string of the molecule is Cc1cn2c(n1)CC(C(C)C)CC2. The fourth-order valence-corrected chi connectivity index (χ4v) is 2.16. The highest BCUT2D eigenvalue weighted by atomic mass is 15.1. The van der Waals surface area contributed by atoms with Gasteiger partial charge >= 0.3 is 0 Å². The van der Waals surface area contributed by atoms with Gasteiger partial charge in [-0.1, -0.05) is 13.8 Å². The average molecular weight is 178 g/mol. The molecule has 0 aromatic carbocycles. The van der Waals surface area contributed by atoms with Gasteiger partial charge in [-0.25, -0.2) is 4.98 Å². The van der Waals surface area contributed by atoms with E-state index in [4.69, 9.17) is 0 Å². The van der Waals surface area contributed by atoms with Crippen LogP contribution in [0.1, 0.15) is 31.8 Å². The molecule has 1 aromatic heterocycles. The highest BCUT2D eigenvalue weighted by molar-refractivity contribution is 5.05. The fraction of sp³-hybridized carbons (Fsp3) is 0.727. The van der Waals surface area contributed by atoms with E-state index in [0.717, 1.165) is 11.8 Å². The Labute approximate surface area is 80.0 Å². The summed E-state index contributed by atoms with van der Waals surface area (Å²) in [6.07, 6.45) is 4.66. The number of nitrogens with zero attached hydrogens (tertiary/aromatic N) is 2. The molecule has 72 valence electrons. The van der Waals surface area contributed by atoms with Gasteiger partial charge in [0.15, 0.2) is 0 Å². The lowest BCUT2D eigenvalue weighted by Gasteiger charge is -2.26. The summed E-state index contributed by atoms with van der Waals surface area (Å²) in [5.41, 5.74) is 1.17. The Bertz CT molecular complexity index is 299. The molecule has 0 radical (unpaired) electrons. The largest absolute Gasteiger partial charge is 0.335 e. The number of aromatic nitrogens is 2. The molecule has 2 heterocycles. The zero-order valence-electron chi connectivity index (χ0n) is 8.75. The lowest BCUT2D eigenvalue weighted by atomic mass is 9.87. The Morgan fingerprint density at radius 3 is 3.00 bits per heavy atom. The van der Waals surface area contributed by atoms with Gasteiger partial charge in [-0.2, -0.15) is 0 Å². The van der Waals surface area contributed by atoms with Gasteiger partial charge in [0.2, 0.25) is 0 Å². The molecular weight excluding hydrogens is 160 g/mol. The number of fused-ring (bicyclic) bond motifs is 1. The molecule has 1 aliphatic rings. The normalized spacial score (nSPS) is 22.0. The van der Waals surface area contributed by atoms with Crippen LogP contribution in [0.3, 0.4) is 0 Å². The van der Waals surface area contributed by atoms with Gasteiger partial charge in [0.1, 0.15) is 5.82 Å². The van der Waals surface area contributed by atoms with E-state index in [-0.39, 0.29) is 0 Å². The van der Waals surface area contributed by atoms with Crippen LogP contribution in [0.2, 0.25) is 0 Å². The van der Waals surface area contributed by atoms with Gasteiger partial charge in [0.25, 0.3) is 0 Å². The van der Waals surface area contributed by atoms with Crippen LogP contribution in [0.25, 0.3) is 0 Å². The van der Waals surface area contributed by atoms with Crippen molar-refractivity contribution < 1.29 is 0 Å². The van der Waals surface area contributed by atoms with Crippen LogP contribution in [-0.2, 0) is 13.0 Å². The van der Waals surface area contributed by atoms with Gasteiger partial charge < -0.3 is 4.57 Å². The summed E-state index contributed by atoms with van der Waals surface area (Å²) in [4.78, 5) is 4.55. The van der Waals surface area contributed by atoms with Crippen LogP contribution in [0, 0.1) is 18.8 Å². The molecule has 0 fully saturated rings. The van der Waals surface area contributed by atoms with Crippen molar-refractivity contribution in [1.82, 2.24) is 9.55 Å². The predicted molar refractivity (Wildman–Crippen MR) is 53.6 cm³/mol. The first kappa shape index (κ1) is 8.79. The summed E-state index contributed by atoms with van der Waals surface area (Å²) in [6, 6.07) is 0. The minimum absolute atomic E-state index is 0.797. The number of hydrogen-bond acceptors (Lipinski definition) is 1. The maximum Gasteiger partial charge on any atom is 0.109 e. The number of imidazole rings is 1. The Morgan fingerprint density at radius 1 is 1.54 bits per heavy atom. The van der Waals surface area contributed by atoms with Crippen molar-refractivity contribution in [3.63, 3.8) is 0 Å². The van der Waals surface area contributed by atoms with Gasteiger partial charge in [0, 0.05) is 19.2 Å². The summed E-state index contributed by atoms with van der Waals surface area (Å²) in [7, 11) is 0. The van der Waals surface area contributed by atoms with E-state index in [1.807, 2.05) is 0 Å². The highest BCUT2D eigenvalue weighted by Gasteiger charge is 2.21. The number of hydrogen-bond donors (Lipinski definition) is 0. The summed E-state index contributed by atoms with van der Waals surface area (Å²) < 4.78 is 2.31. The Balaban J connectivity index is 2.19. The Morgan fingerprint density at radius 2 is 2.31 bits per heavy atom. The third-order valence-corrected chi connectivity index (χ3v) is 3.11. The van der Waals surface area contributed by atoms with Gasteiger partial charge in [-0.15, -0.1) is 0 Å². The van der Waals surface area contributed by atoms with Crippen LogP contribution in [0.4, 0.5) is 0 Å². The quantitative estimate of drug-likeness (QED) is 0.645. The van der Waals surface area contributed by atoms with E-state index in [0.29, 0.717) is 0 Å². The molecular formula is C11H18N2. The van der Waals surface area contributed by atoms with Crippen molar-refractivity contribution >= 4 is 0 Å². The molecule has 0 aliphatic carbocycles. The topological polar surface area (TPSA) is 17.8 Å². The van der Waals surface area contributed by atoms with Crippen molar-refractivity contribution in [1.29, 1.82) is 0 Å². The van der Waals surface area contributed by atoms with E-state index in [1.165, 1.54) is 30.9 Å². The molecule has 1 aromatic rings. The van der Waals surface area contributed by atoms with E-state index in [1.54, 1.807) is 0 Å². The minimum Gasteiger partial charge on any atom is -0.335 e. The predicted octanol–water partition coefficient (Wildman–Crippen LogP) is 2.41. The first-order valence-corrected chi connectivity index (χ1v) is 5.19. The van der Waals surface area contributed by atoms with Crippen LogP contribution in [0.5, 0.6) is 0 Å². The summed E-state index contributed by atoms with van der Waals surface area (Å²) >= 11 is 0. The molecule has 0 amide bonds. The first-order chi connectivity index (χ1) is 6.16. The molecule has 1 unspecified atom stereocenters. The minimum atomic E-state index is 0.797. The van der Waals surface area contributed by atoms with Crippen molar-refractivity contribution in [2.75, 3.05) is 0 Å². The maximum absolute atomic E-state index is 4.55. The standard InChI is InChI=1S/C11H18N2/c1-8(2)10-4-5-13-7-9(3)12-11(13)6-10/h7-8,10H,4-6H2,1-3H3. The van der Waals surface area contributed by atoms with E-state index < -0.39 is 0 Å². The molecule has 0 spiro atoms. The monoisotopic (exact) mass is 178 g/mol. The van der Waals surface area contributed by atoms with E-state index >= 15 is 0 Å². The molecule has 2 heteroatoms. The van der Waals surface area contributed by atoms with Crippen LogP contribution < -0.4 is 0 Å². The van der Waals surface area contributed by atoms with Crippen molar-refractivity contribution in [3.8, 4) is 0 Å². The summed E-state index contributed by atoms with van der Waals surface area (Å²) in [5, 5.41) is 0. The van der Waals surface area contributed by atoms with E-state index in [9.17, 15) is 0 Å². The van der Waals surface area contributed by atoms with E-state index in [2.05, 4.69) is 36.5 Å². The van der Waals surface area contributed by atoms with Crippen molar-refractivity contribution in [2.24, 2.45) is 11.8 Å². The smallest absolute Gasteiger partial charge is 0.109 e. The molecule has 0 bridgehead atoms. The van der Waals surface area contributed by atoms with Crippen molar-refractivity contribution in [3.05, 3.63) is 17.7 Å². The number of rotatable bonds is 1. The molecule has 2 rings (SSSR count). The number of aryl methyl sites for hydroxylation is 2.